The highest BCUT2D eigenvalue weighted by atomic mass is 19.4. The fourth-order valence-corrected chi connectivity index (χ4v) is 1.56. The van der Waals surface area contributed by atoms with Crippen LogP contribution in [0.1, 0.15) is 18.0 Å². The highest BCUT2D eigenvalue weighted by Crippen LogP contribution is 2.30. The average Bonchev–Trinajstić information content (AvgIpc) is 2.24. The van der Waals surface area contributed by atoms with Crippen LogP contribution in [0.4, 0.5) is 13.2 Å². The molecule has 0 aliphatic rings. The average molecular weight is 262 g/mol. The van der Waals surface area contributed by atoms with E-state index in [1.165, 1.54) is 12.1 Å². The Labute approximate surface area is 104 Å². The lowest BCUT2D eigenvalue weighted by Gasteiger charge is -2.19. The van der Waals surface area contributed by atoms with Crippen molar-refractivity contribution in [3.8, 4) is 5.75 Å². The van der Waals surface area contributed by atoms with E-state index < -0.39 is 12.4 Å². The summed E-state index contributed by atoms with van der Waals surface area (Å²) in [6.07, 6.45) is -4.14. The van der Waals surface area contributed by atoms with Crippen LogP contribution < -0.4 is 10.5 Å². The van der Waals surface area contributed by atoms with Crippen LogP contribution in [0.3, 0.4) is 0 Å². The predicted octanol–water partition coefficient (Wildman–Crippen LogP) is 2.54. The van der Waals surface area contributed by atoms with Gasteiger partial charge >= 0.3 is 6.36 Å². The molecule has 0 fully saturated rings. The molecule has 0 spiro atoms. The first kappa shape index (κ1) is 14.8. The van der Waals surface area contributed by atoms with Gasteiger partial charge in [0, 0.05) is 11.6 Å². The molecule has 6 heteroatoms. The molecule has 0 bridgehead atoms. The molecule has 1 rings (SSSR count). The minimum Gasteiger partial charge on any atom is -0.405 e. The molecule has 0 aliphatic carbocycles. The van der Waals surface area contributed by atoms with Crippen LogP contribution >= 0.6 is 0 Å². The molecule has 3 nitrogen and oxygen atoms in total. The number of hydrogen-bond acceptors (Lipinski definition) is 3. The first-order valence-electron chi connectivity index (χ1n) is 5.54. The second-order valence-corrected chi connectivity index (χ2v) is 4.28. The van der Waals surface area contributed by atoms with Crippen molar-refractivity contribution in [2.45, 2.75) is 18.8 Å². The lowest BCUT2D eigenvalue weighted by Crippen LogP contribution is -2.23. The molecule has 0 aromatic heterocycles. The fourth-order valence-electron chi connectivity index (χ4n) is 1.56. The zero-order valence-electron chi connectivity index (χ0n) is 10.4. The molecule has 2 N–H and O–H groups in total. The van der Waals surface area contributed by atoms with Crippen molar-refractivity contribution in [2.24, 2.45) is 5.73 Å². The summed E-state index contributed by atoms with van der Waals surface area (Å²) < 4.78 is 40.6. The molecule has 0 heterocycles. The summed E-state index contributed by atoms with van der Waals surface area (Å²) in [4.78, 5) is 1.92. The fraction of sp³-hybridized carbons (Fsp3) is 0.500. The third kappa shape index (κ3) is 4.93. The van der Waals surface area contributed by atoms with Crippen molar-refractivity contribution in [1.82, 2.24) is 4.90 Å². The lowest BCUT2D eigenvalue weighted by molar-refractivity contribution is -0.275. The van der Waals surface area contributed by atoms with Crippen LogP contribution in [0, 0.1) is 0 Å². The summed E-state index contributed by atoms with van der Waals surface area (Å²) >= 11 is 0. The van der Waals surface area contributed by atoms with Crippen LogP contribution in [-0.2, 0) is 0 Å². The van der Waals surface area contributed by atoms with Gasteiger partial charge in [-0.25, -0.2) is 0 Å². The number of ether oxygens (including phenoxy) is 1. The Bertz CT molecular complexity index is 380. The first-order chi connectivity index (χ1) is 8.29. The van der Waals surface area contributed by atoms with Gasteiger partial charge in [0.1, 0.15) is 5.75 Å². The van der Waals surface area contributed by atoms with E-state index in [4.69, 9.17) is 5.73 Å². The Balaban J connectivity index is 2.81. The molecule has 0 saturated heterocycles. The van der Waals surface area contributed by atoms with Gasteiger partial charge in [0.05, 0.1) is 0 Å². The van der Waals surface area contributed by atoms with E-state index in [1.807, 2.05) is 19.0 Å². The number of halogens is 3. The largest absolute Gasteiger partial charge is 0.573 e. The van der Waals surface area contributed by atoms with Crippen molar-refractivity contribution >= 4 is 0 Å². The van der Waals surface area contributed by atoms with Crippen molar-refractivity contribution in [2.75, 3.05) is 20.6 Å². The van der Waals surface area contributed by atoms with Gasteiger partial charge in [0.25, 0.3) is 0 Å². The number of hydrogen-bond donors (Lipinski definition) is 1. The third-order valence-electron chi connectivity index (χ3n) is 2.43. The van der Waals surface area contributed by atoms with Gasteiger partial charge in [0.2, 0.25) is 0 Å². The quantitative estimate of drug-likeness (QED) is 0.886. The standard InChI is InChI=1S/C12H17F3N2O/c1-17(2)8-7-10(16)9-5-3-4-6-11(9)18-12(13,14)15/h3-6,10H,7-8,16H2,1-2H3. The maximum Gasteiger partial charge on any atom is 0.573 e. The normalized spacial score (nSPS) is 13.7. The molecular weight excluding hydrogens is 245 g/mol. The summed E-state index contributed by atoms with van der Waals surface area (Å²) in [5, 5.41) is 0. The molecule has 0 amide bonds. The Morgan fingerprint density at radius 1 is 1.28 bits per heavy atom. The van der Waals surface area contributed by atoms with Crippen LogP contribution in [-0.4, -0.2) is 31.9 Å². The number of alkyl halides is 3. The summed E-state index contributed by atoms with van der Waals surface area (Å²) in [6, 6.07) is 5.49. The second-order valence-electron chi connectivity index (χ2n) is 4.28. The second kappa shape index (κ2) is 6.06. The Kier molecular flexibility index (Phi) is 4.98. The van der Waals surface area contributed by atoms with E-state index in [0.717, 1.165) is 0 Å². The lowest BCUT2D eigenvalue weighted by atomic mass is 10.0. The van der Waals surface area contributed by atoms with Gasteiger partial charge in [-0.15, -0.1) is 13.2 Å². The van der Waals surface area contributed by atoms with Crippen LogP contribution in [0.15, 0.2) is 24.3 Å². The van der Waals surface area contributed by atoms with Crippen molar-refractivity contribution in [3.63, 3.8) is 0 Å². The summed E-state index contributed by atoms with van der Waals surface area (Å²) in [5.41, 5.74) is 6.26. The molecule has 1 atom stereocenters. The molecule has 0 aliphatic heterocycles. The zero-order chi connectivity index (χ0) is 13.8. The summed E-state index contributed by atoms with van der Waals surface area (Å²) in [7, 11) is 3.76. The van der Waals surface area contributed by atoms with E-state index in [-0.39, 0.29) is 5.75 Å². The van der Waals surface area contributed by atoms with Gasteiger partial charge in [-0.05, 0) is 33.1 Å². The van der Waals surface area contributed by atoms with Gasteiger partial charge in [-0.1, -0.05) is 18.2 Å². The van der Waals surface area contributed by atoms with Crippen molar-refractivity contribution in [3.05, 3.63) is 29.8 Å². The monoisotopic (exact) mass is 262 g/mol. The highest BCUT2D eigenvalue weighted by Gasteiger charge is 2.32. The van der Waals surface area contributed by atoms with Gasteiger partial charge in [0.15, 0.2) is 0 Å². The van der Waals surface area contributed by atoms with Crippen LogP contribution in [0.2, 0.25) is 0 Å². The van der Waals surface area contributed by atoms with Crippen molar-refractivity contribution in [1.29, 1.82) is 0 Å². The predicted molar refractivity (Wildman–Crippen MR) is 63.2 cm³/mol. The topological polar surface area (TPSA) is 38.5 Å². The van der Waals surface area contributed by atoms with Crippen molar-refractivity contribution < 1.29 is 17.9 Å². The SMILES string of the molecule is CN(C)CCC(N)c1ccccc1OC(F)(F)F. The Morgan fingerprint density at radius 3 is 2.44 bits per heavy atom. The molecule has 0 radical (unpaired) electrons. The summed E-state index contributed by atoms with van der Waals surface area (Å²) in [6.45, 7) is 0.696. The molecule has 102 valence electrons. The van der Waals surface area contributed by atoms with E-state index in [2.05, 4.69) is 4.74 Å². The van der Waals surface area contributed by atoms with E-state index in [1.54, 1.807) is 12.1 Å². The van der Waals surface area contributed by atoms with Gasteiger partial charge in [-0.2, -0.15) is 0 Å². The maximum absolute atomic E-state index is 12.2. The number of rotatable bonds is 5. The van der Waals surface area contributed by atoms with Crippen LogP contribution in [0.25, 0.3) is 0 Å². The van der Waals surface area contributed by atoms with Gasteiger partial charge < -0.3 is 15.4 Å². The zero-order valence-corrected chi connectivity index (χ0v) is 10.4. The highest BCUT2D eigenvalue weighted by molar-refractivity contribution is 5.35. The minimum absolute atomic E-state index is 0.226. The maximum atomic E-state index is 12.2. The third-order valence-corrected chi connectivity index (χ3v) is 2.43. The smallest absolute Gasteiger partial charge is 0.405 e. The Hall–Kier alpha value is -1.27. The molecule has 1 aromatic rings. The summed E-state index contributed by atoms with van der Waals surface area (Å²) in [5.74, 6) is -0.226. The number of para-hydroxylation sites is 1. The van der Waals surface area contributed by atoms with Crippen LogP contribution in [0.5, 0.6) is 5.75 Å². The molecule has 1 unspecified atom stereocenters. The minimum atomic E-state index is -4.70. The molecular formula is C12H17F3N2O. The van der Waals surface area contributed by atoms with E-state index in [0.29, 0.717) is 18.5 Å². The molecule has 18 heavy (non-hydrogen) atoms. The Morgan fingerprint density at radius 2 is 1.89 bits per heavy atom. The van der Waals surface area contributed by atoms with E-state index >= 15 is 0 Å². The molecule has 1 aromatic carbocycles. The number of benzene rings is 1. The number of nitrogens with zero attached hydrogens (tertiary/aromatic N) is 1. The molecule has 0 saturated carbocycles. The number of nitrogens with two attached hydrogens (primary N) is 1. The van der Waals surface area contributed by atoms with Gasteiger partial charge in [-0.3, -0.25) is 0 Å². The first-order valence-corrected chi connectivity index (χ1v) is 5.54. The van der Waals surface area contributed by atoms with E-state index in [9.17, 15) is 13.2 Å².